The van der Waals surface area contributed by atoms with E-state index in [1.807, 2.05) is 6.92 Å². The summed E-state index contributed by atoms with van der Waals surface area (Å²) in [5.74, 6) is -0.858. The molecule has 2 rings (SSSR count). The average Bonchev–Trinajstić information content (AvgIpc) is 2.73. The highest BCUT2D eigenvalue weighted by Gasteiger charge is 2.14. The van der Waals surface area contributed by atoms with Crippen molar-refractivity contribution in [3.63, 3.8) is 0 Å². The van der Waals surface area contributed by atoms with Crippen LogP contribution in [0, 0.1) is 6.92 Å². The van der Waals surface area contributed by atoms with Crippen LogP contribution in [0.3, 0.4) is 0 Å². The molecule has 0 spiro atoms. The Bertz CT molecular complexity index is 410. The van der Waals surface area contributed by atoms with Gasteiger partial charge in [0.25, 0.3) is 0 Å². The third kappa shape index (κ3) is 3.54. The molecule has 1 fully saturated rings. The number of carboxylic acids is 1. The molecule has 1 aliphatic heterocycles. The molecule has 2 N–H and O–H groups in total. The molecular weight excluding hydrogens is 250 g/mol. The van der Waals surface area contributed by atoms with Crippen molar-refractivity contribution in [3.8, 4) is 0 Å². The summed E-state index contributed by atoms with van der Waals surface area (Å²) in [5.41, 5.74) is 0.994. The largest absolute Gasteiger partial charge is 0.477 e. The predicted octanol–water partition coefficient (Wildman–Crippen LogP) is 2.41. The van der Waals surface area contributed by atoms with Gasteiger partial charge in [0.1, 0.15) is 4.88 Å². The molecule has 1 aliphatic rings. The zero-order valence-electron chi connectivity index (χ0n) is 10.6. The van der Waals surface area contributed by atoms with Gasteiger partial charge in [-0.25, -0.2) is 4.79 Å². The van der Waals surface area contributed by atoms with Gasteiger partial charge in [-0.3, -0.25) is 0 Å². The molecule has 0 aliphatic carbocycles. The Labute approximate surface area is 111 Å². The van der Waals surface area contributed by atoms with Crippen LogP contribution in [0.25, 0.3) is 0 Å². The van der Waals surface area contributed by atoms with E-state index < -0.39 is 5.97 Å². The highest BCUT2D eigenvalue weighted by molar-refractivity contribution is 7.14. The summed E-state index contributed by atoms with van der Waals surface area (Å²) in [7, 11) is 0. The summed E-state index contributed by atoms with van der Waals surface area (Å²) in [6.45, 7) is 4.23. The fourth-order valence-corrected chi connectivity index (χ4v) is 3.01. The van der Waals surface area contributed by atoms with Gasteiger partial charge in [0.15, 0.2) is 0 Å². The molecule has 5 heteroatoms. The van der Waals surface area contributed by atoms with Crippen LogP contribution >= 0.6 is 11.3 Å². The van der Waals surface area contributed by atoms with Crippen LogP contribution in [0.2, 0.25) is 0 Å². The number of ether oxygens (including phenoxy) is 1. The molecule has 4 nitrogen and oxygen atoms in total. The Kier molecular flexibility index (Phi) is 4.74. The number of aryl methyl sites for hydroxylation is 1. The molecule has 100 valence electrons. The topological polar surface area (TPSA) is 58.6 Å². The molecule has 18 heavy (non-hydrogen) atoms. The van der Waals surface area contributed by atoms with Crippen molar-refractivity contribution >= 4 is 17.3 Å². The van der Waals surface area contributed by atoms with Crippen molar-refractivity contribution in [3.05, 3.63) is 21.4 Å². The Balaban J connectivity index is 1.80. The first-order valence-electron chi connectivity index (χ1n) is 6.30. The second kappa shape index (κ2) is 6.31. The Hall–Kier alpha value is -0.910. The van der Waals surface area contributed by atoms with Crippen LogP contribution in [0.5, 0.6) is 0 Å². The van der Waals surface area contributed by atoms with Crippen molar-refractivity contribution in [2.45, 2.75) is 38.8 Å². The number of thiophene rings is 1. The van der Waals surface area contributed by atoms with Crippen molar-refractivity contribution in [1.29, 1.82) is 0 Å². The lowest BCUT2D eigenvalue weighted by molar-refractivity contribution is 0.0701. The minimum Gasteiger partial charge on any atom is -0.477 e. The monoisotopic (exact) mass is 269 g/mol. The predicted molar refractivity (Wildman–Crippen MR) is 71.3 cm³/mol. The molecular formula is C13H19NO3S. The van der Waals surface area contributed by atoms with E-state index in [1.54, 1.807) is 6.07 Å². The number of aromatic carboxylic acids is 1. The minimum absolute atomic E-state index is 0.391. The van der Waals surface area contributed by atoms with Crippen LogP contribution in [0.4, 0.5) is 0 Å². The van der Waals surface area contributed by atoms with Crippen molar-refractivity contribution in [2.24, 2.45) is 0 Å². The Morgan fingerprint density at radius 2 is 2.44 bits per heavy atom. The van der Waals surface area contributed by atoms with Crippen molar-refractivity contribution < 1.29 is 14.6 Å². The third-order valence-electron chi connectivity index (χ3n) is 3.22. The zero-order valence-corrected chi connectivity index (χ0v) is 11.4. The van der Waals surface area contributed by atoms with E-state index in [0.29, 0.717) is 24.1 Å². The van der Waals surface area contributed by atoms with E-state index in [0.717, 1.165) is 17.0 Å². The molecule has 1 aromatic rings. The number of carboxylic acid groups (broad SMARTS) is 1. The quantitative estimate of drug-likeness (QED) is 0.862. The number of piperidine rings is 1. The van der Waals surface area contributed by atoms with Crippen molar-refractivity contribution in [1.82, 2.24) is 5.32 Å². The molecule has 0 aromatic carbocycles. The highest BCUT2D eigenvalue weighted by atomic mass is 32.1. The van der Waals surface area contributed by atoms with Gasteiger partial charge in [0, 0.05) is 10.9 Å². The lowest BCUT2D eigenvalue weighted by atomic mass is 10.1. The van der Waals surface area contributed by atoms with Crippen LogP contribution in [0.1, 0.15) is 39.4 Å². The van der Waals surface area contributed by atoms with E-state index in [9.17, 15) is 4.79 Å². The van der Waals surface area contributed by atoms with Gasteiger partial charge in [0.05, 0.1) is 13.2 Å². The Morgan fingerprint density at radius 1 is 1.61 bits per heavy atom. The second-order valence-corrected chi connectivity index (χ2v) is 5.92. The van der Waals surface area contributed by atoms with Gasteiger partial charge in [-0.05, 0) is 37.9 Å². The van der Waals surface area contributed by atoms with Crippen LogP contribution < -0.4 is 5.32 Å². The summed E-state index contributed by atoms with van der Waals surface area (Å²) in [4.78, 5) is 12.3. The van der Waals surface area contributed by atoms with E-state index in [-0.39, 0.29) is 0 Å². The summed E-state index contributed by atoms with van der Waals surface area (Å²) < 4.78 is 5.68. The molecule has 1 unspecified atom stereocenters. The number of rotatable bonds is 5. The van der Waals surface area contributed by atoms with Crippen LogP contribution in [-0.4, -0.2) is 30.3 Å². The number of nitrogens with one attached hydrogen (secondary N) is 1. The minimum atomic E-state index is -0.858. The second-order valence-electron chi connectivity index (χ2n) is 4.66. The van der Waals surface area contributed by atoms with Gasteiger partial charge >= 0.3 is 5.97 Å². The third-order valence-corrected chi connectivity index (χ3v) is 4.30. The van der Waals surface area contributed by atoms with E-state index in [4.69, 9.17) is 9.84 Å². The average molecular weight is 269 g/mol. The molecule has 0 bridgehead atoms. The van der Waals surface area contributed by atoms with Gasteiger partial charge < -0.3 is 15.2 Å². The first kappa shape index (κ1) is 13.5. The smallest absolute Gasteiger partial charge is 0.345 e. The number of hydrogen-bond donors (Lipinski definition) is 2. The number of hydrogen-bond acceptors (Lipinski definition) is 4. The Morgan fingerprint density at radius 3 is 3.06 bits per heavy atom. The molecule has 0 radical (unpaired) electrons. The first-order chi connectivity index (χ1) is 8.66. The van der Waals surface area contributed by atoms with Gasteiger partial charge in [-0.2, -0.15) is 0 Å². The maximum absolute atomic E-state index is 10.8. The summed E-state index contributed by atoms with van der Waals surface area (Å²) >= 11 is 1.31. The molecule has 1 aromatic heterocycles. The summed E-state index contributed by atoms with van der Waals surface area (Å²) in [5, 5.41) is 12.3. The van der Waals surface area contributed by atoms with E-state index in [1.165, 1.54) is 30.6 Å². The first-order valence-corrected chi connectivity index (χ1v) is 7.12. The molecule has 0 saturated carbocycles. The van der Waals surface area contributed by atoms with Gasteiger partial charge in [-0.15, -0.1) is 11.3 Å². The summed E-state index contributed by atoms with van der Waals surface area (Å²) in [6, 6.07) is 2.17. The lowest BCUT2D eigenvalue weighted by Crippen LogP contribution is -2.37. The zero-order chi connectivity index (χ0) is 13.0. The maximum Gasteiger partial charge on any atom is 0.345 e. The highest BCUT2D eigenvalue weighted by Crippen LogP contribution is 2.22. The standard InChI is InChI=1S/C13H19NO3S/c1-9-10(6-12(18-9)13(15)16)7-17-8-11-4-2-3-5-14-11/h6,11,14H,2-5,7-8H2,1H3,(H,15,16). The fraction of sp³-hybridized carbons (Fsp3) is 0.615. The number of carbonyl (C=O) groups is 1. The van der Waals surface area contributed by atoms with E-state index in [2.05, 4.69) is 5.32 Å². The van der Waals surface area contributed by atoms with E-state index >= 15 is 0 Å². The summed E-state index contributed by atoms with van der Waals surface area (Å²) in [6.07, 6.45) is 3.69. The molecule has 0 amide bonds. The molecule has 1 atom stereocenters. The van der Waals surface area contributed by atoms with Crippen LogP contribution in [-0.2, 0) is 11.3 Å². The normalized spacial score (nSPS) is 19.9. The van der Waals surface area contributed by atoms with Crippen LogP contribution in [0.15, 0.2) is 6.07 Å². The SMILES string of the molecule is Cc1sc(C(=O)O)cc1COCC1CCCCN1. The lowest BCUT2D eigenvalue weighted by Gasteiger charge is -2.23. The van der Waals surface area contributed by atoms with Crippen molar-refractivity contribution in [2.75, 3.05) is 13.2 Å². The molecule has 2 heterocycles. The van der Waals surface area contributed by atoms with Gasteiger partial charge in [-0.1, -0.05) is 6.42 Å². The maximum atomic E-state index is 10.8. The van der Waals surface area contributed by atoms with Gasteiger partial charge in [0.2, 0.25) is 0 Å². The fourth-order valence-electron chi connectivity index (χ4n) is 2.15. The molecule has 1 saturated heterocycles.